The first-order valence-corrected chi connectivity index (χ1v) is 4.90. The quantitative estimate of drug-likeness (QED) is 0.645. The highest BCUT2D eigenvalue weighted by atomic mass is 16.7. The Hall–Kier alpha value is -0.770. The number of ether oxygens (including phenoxy) is 3. The van der Waals surface area contributed by atoms with Crippen LogP contribution in [0.3, 0.4) is 0 Å². The van der Waals surface area contributed by atoms with Gasteiger partial charge in [-0.3, -0.25) is 0 Å². The van der Waals surface area contributed by atoms with Crippen molar-refractivity contribution in [2.75, 3.05) is 6.61 Å². The summed E-state index contributed by atoms with van der Waals surface area (Å²) in [4.78, 5) is 11.0. The van der Waals surface area contributed by atoms with Gasteiger partial charge < -0.3 is 14.2 Å². The molecule has 0 amide bonds. The highest BCUT2D eigenvalue weighted by molar-refractivity contribution is 5.60. The SMILES string of the molecule is CC(C)OCC(C)OC(=O)OC(C)C. The Balaban J connectivity index is 3.60. The molecular formula is C10H20O4. The second-order valence-electron chi connectivity index (χ2n) is 3.73. The minimum Gasteiger partial charge on any atom is -0.432 e. The van der Waals surface area contributed by atoms with E-state index in [4.69, 9.17) is 14.2 Å². The largest absolute Gasteiger partial charge is 0.508 e. The lowest BCUT2D eigenvalue weighted by molar-refractivity contribution is -0.0316. The predicted molar refractivity (Wildman–Crippen MR) is 53.3 cm³/mol. The van der Waals surface area contributed by atoms with Crippen LogP contribution in [0.5, 0.6) is 0 Å². The summed E-state index contributed by atoms with van der Waals surface area (Å²) in [6.45, 7) is 9.57. The van der Waals surface area contributed by atoms with Crippen molar-refractivity contribution >= 4 is 6.16 Å². The van der Waals surface area contributed by atoms with Crippen molar-refractivity contribution in [2.45, 2.75) is 52.9 Å². The molecule has 0 N–H and O–H groups in total. The maximum atomic E-state index is 11.0. The van der Waals surface area contributed by atoms with Crippen molar-refractivity contribution in [2.24, 2.45) is 0 Å². The predicted octanol–water partition coefficient (Wildman–Crippen LogP) is 2.36. The maximum absolute atomic E-state index is 11.0. The van der Waals surface area contributed by atoms with Crippen molar-refractivity contribution in [3.63, 3.8) is 0 Å². The van der Waals surface area contributed by atoms with Crippen LogP contribution in [0.25, 0.3) is 0 Å². The number of hydrogen-bond donors (Lipinski definition) is 0. The van der Waals surface area contributed by atoms with Crippen LogP contribution < -0.4 is 0 Å². The summed E-state index contributed by atoms with van der Waals surface area (Å²) in [6, 6.07) is 0. The average molecular weight is 204 g/mol. The van der Waals surface area contributed by atoms with Crippen LogP contribution >= 0.6 is 0 Å². The lowest BCUT2D eigenvalue weighted by Crippen LogP contribution is -2.24. The first-order chi connectivity index (χ1) is 6.41. The summed E-state index contributed by atoms with van der Waals surface area (Å²) >= 11 is 0. The number of rotatable bonds is 5. The van der Waals surface area contributed by atoms with Crippen LogP contribution in [0.1, 0.15) is 34.6 Å². The first-order valence-electron chi connectivity index (χ1n) is 4.90. The third-order valence-corrected chi connectivity index (χ3v) is 1.29. The van der Waals surface area contributed by atoms with Gasteiger partial charge in [0, 0.05) is 0 Å². The Morgan fingerprint density at radius 3 is 2.00 bits per heavy atom. The molecule has 0 bridgehead atoms. The summed E-state index contributed by atoms with van der Waals surface area (Å²) < 4.78 is 15.0. The standard InChI is InChI=1S/C10H20O4/c1-7(2)12-6-9(5)14-10(11)13-8(3)4/h7-9H,6H2,1-5H3. The van der Waals surface area contributed by atoms with E-state index in [1.165, 1.54) is 0 Å². The third-order valence-electron chi connectivity index (χ3n) is 1.29. The molecule has 0 saturated heterocycles. The number of carbonyl (C=O) groups excluding carboxylic acids is 1. The van der Waals surface area contributed by atoms with E-state index in [1.807, 2.05) is 13.8 Å². The monoisotopic (exact) mass is 204 g/mol. The number of carbonyl (C=O) groups is 1. The highest BCUT2D eigenvalue weighted by Crippen LogP contribution is 2.00. The molecule has 1 atom stereocenters. The van der Waals surface area contributed by atoms with E-state index >= 15 is 0 Å². The van der Waals surface area contributed by atoms with E-state index in [2.05, 4.69) is 0 Å². The van der Waals surface area contributed by atoms with E-state index in [0.29, 0.717) is 6.61 Å². The zero-order valence-electron chi connectivity index (χ0n) is 9.57. The van der Waals surface area contributed by atoms with Gasteiger partial charge >= 0.3 is 6.16 Å². The molecule has 84 valence electrons. The Morgan fingerprint density at radius 1 is 1.00 bits per heavy atom. The molecule has 0 aromatic rings. The van der Waals surface area contributed by atoms with Crippen LogP contribution in [-0.2, 0) is 14.2 Å². The van der Waals surface area contributed by atoms with Crippen LogP contribution in [0.15, 0.2) is 0 Å². The molecule has 4 nitrogen and oxygen atoms in total. The molecular weight excluding hydrogens is 184 g/mol. The van der Waals surface area contributed by atoms with Gasteiger partial charge in [0.25, 0.3) is 0 Å². The van der Waals surface area contributed by atoms with Crippen LogP contribution in [-0.4, -0.2) is 31.1 Å². The average Bonchev–Trinajstić information content (AvgIpc) is 1.98. The molecule has 0 aromatic heterocycles. The molecule has 0 heterocycles. The van der Waals surface area contributed by atoms with E-state index in [0.717, 1.165) is 0 Å². The van der Waals surface area contributed by atoms with E-state index in [1.54, 1.807) is 20.8 Å². The Bertz CT molecular complexity index is 166. The third kappa shape index (κ3) is 7.86. The molecule has 0 radical (unpaired) electrons. The Kier molecular flexibility index (Phi) is 6.28. The van der Waals surface area contributed by atoms with Gasteiger partial charge in [0.05, 0.1) is 18.8 Å². The molecule has 0 spiro atoms. The lowest BCUT2D eigenvalue weighted by Gasteiger charge is -2.16. The molecule has 0 rings (SSSR count). The van der Waals surface area contributed by atoms with Gasteiger partial charge in [-0.25, -0.2) is 4.79 Å². The van der Waals surface area contributed by atoms with Crippen molar-refractivity contribution in [3.8, 4) is 0 Å². The Labute approximate surface area is 85.5 Å². The van der Waals surface area contributed by atoms with E-state index in [-0.39, 0.29) is 18.3 Å². The summed E-state index contributed by atoms with van der Waals surface area (Å²) in [5.74, 6) is 0. The topological polar surface area (TPSA) is 44.8 Å². The fourth-order valence-electron chi connectivity index (χ4n) is 0.746. The van der Waals surface area contributed by atoms with Gasteiger partial charge in [-0.05, 0) is 34.6 Å². The molecule has 14 heavy (non-hydrogen) atoms. The summed E-state index contributed by atoms with van der Waals surface area (Å²) in [5, 5.41) is 0. The molecule has 0 aliphatic carbocycles. The normalized spacial score (nSPS) is 13.1. The highest BCUT2D eigenvalue weighted by Gasteiger charge is 2.12. The summed E-state index contributed by atoms with van der Waals surface area (Å²) in [6.07, 6.45) is -0.925. The van der Waals surface area contributed by atoms with Crippen molar-refractivity contribution < 1.29 is 19.0 Å². The first kappa shape index (κ1) is 13.2. The summed E-state index contributed by atoms with van der Waals surface area (Å²) in [5.41, 5.74) is 0. The van der Waals surface area contributed by atoms with Gasteiger partial charge in [0.1, 0.15) is 6.10 Å². The lowest BCUT2D eigenvalue weighted by atomic mass is 10.4. The fraction of sp³-hybridized carbons (Fsp3) is 0.900. The molecule has 0 saturated carbocycles. The molecule has 0 aromatic carbocycles. The van der Waals surface area contributed by atoms with Crippen LogP contribution in [0.4, 0.5) is 4.79 Å². The fourth-order valence-corrected chi connectivity index (χ4v) is 0.746. The maximum Gasteiger partial charge on any atom is 0.508 e. The zero-order valence-corrected chi connectivity index (χ0v) is 9.57. The molecule has 0 aliphatic rings. The van der Waals surface area contributed by atoms with E-state index < -0.39 is 6.16 Å². The van der Waals surface area contributed by atoms with Gasteiger partial charge in [-0.15, -0.1) is 0 Å². The van der Waals surface area contributed by atoms with Gasteiger partial charge in [-0.1, -0.05) is 0 Å². The smallest absolute Gasteiger partial charge is 0.432 e. The second kappa shape index (κ2) is 6.65. The minimum atomic E-state index is -0.639. The van der Waals surface area contributed by atoms with Crippen molar-refractivity contribution in [1.29, 1.82) is 0 Å². The summed E-state index contributed by atoms with van der Waals surface area (Å²) in [7, 11) is 0. The second-order valence-corrected chi connectivity index (χ2v) is 3.73. The van der Waals surface area contributed by atoms with E-state index in [9.17, 15) is 4.79 Å². The molecule has 0 aliphatic heterocycles. The zero-order chi connectivity index (χ0) is 11.1. The number of hydrogen-bond acceptors (Lipinski definition) is 4. The van der Waals surface area contributed by atoms with Gasteiger partial charge in [-0.2, -0.15) is 0 Å². The minimum absolute atomic E-state index is 0.141. The molecule has 0 fully saturated rings. The van der Waals surface area contributed by atoms with Gasteiger partial charge in [0.15, 0.2) is 0 Å². The van der Waals surface area contributed by atoms with Gasteiger partial charge in [0.2, 0.25) is 0 Å². The molecule has 4 heteroatoms. The van der Waals surface area contributed by atoms with Crippen molar-refractivity contribution in [1.82, 2.24) is 0 Å². The van der Waals surface area contributed by atoms with Crippen molar-refractivity contribution in [3.05, 3.63) is 0 Å². The van der Waals surface area contributed by atoms with Crippen LogP contribution in [0.2, 0.25) is 0 Å². The Morgan fingerprint density at radius 2 is 1.57 bits per heavy atom. The molecule has 1 unspecified atom stereocenters. The van der Waals surface area contributed by atoms with Crippen LogP contribution in [0, 0.1) is 0 Å².